The maximum absolute atomic E-state index is 13.3. The highest BCUT2D eigenvalue weighted by atomic mass is 35.5. The van der Waals surface area contributed by atoms with Crippen molar-refractivity contribution in [2.75, 3.05) is 19.7 Å². The summed E-state index contributed by atoms with van der Waals surface area (Å²) in [6.07, 6.45) is 3.77. The standard InChI is InChI=1S/C22H23ClFN7O2/c1-13-22(28-29-31(13)16-4-6-25-7-5-16)14-8-20-27-11-19(23)30(20)21(9-14)33-18(12-32)17-3-2-15(24)10-26-17/h2-3,8-11,16,18,25,32H,4-7,12H2,1H3. The second-order valence-electron chi connectivity index (χ2n) is 8.00. The van der Waals surface area contributed by atoms with E-state index < -0.39 is 11.9 Å². The van der Waals surface area contributed by atoms with Gasteiger partial charge in [-0.3, -0.25) is 9.38 Å². The summed E-state index contributed by atoms with van der Waals surface area (Å²) in [7, 11) is 0. The normalized spacial score (nSPS) is 15.8. The molecule has 0 spiro atoms. The molecule has 0 radical (unpaired) electrons. The van der Waals surface area contributed by atoms with E-state index >= 15 is 0 Å². The van der Waals surface area contributed by atoms with Gasteiger partial charge in [-0.05, 0) is 51.1 Å². The van der Waals surface area contributed by atoms with E-state index in [1.54, 1.807) is 10.5 Å². The first kappa shape index (κ1) is 21.7. The van der Waals surface area contributed by atoms with Gasteiger partial charge in [0.05, 0.1) is 36.4 Å². The Balaban J connectivity index is 1.54. The minimum absolute atomic E-state index is 0.302. The molecule has 4 aromatic rings. The van der Waals surface area contributed by atoms with Crippen molar-refractivity contribution in [2.45, 2.75) is 31.9 Å². The van der Waals surface area contributed by atoms with E-state index in [0.717, 1.165) is 49.1 Å². The van der Waals surface area contributed by atoms with Crippen molar-refractivity contribution in [3.63, 3.8) is 0 Å². The van der Waals surface area contributed by atoms with Crippen molar-refractivity contribution >= 4 is 17.2 Å². The largest absolute Gasteiger partial charge is 0.466 e. The number of hydrogen-bond donors (Lipinski definition) is 2. The average Bonchev–Trinajstić information content (AvgIpc) is 3.41. The van der Waals surface area contributed by atoms with Crippen LogP contribution in [0.2, 0.25) is 5.15 Å². The summed E-state index contributed by atoms with van der Waals surface area (Å²) in [5.41, 5.74) is 3.39. The summed E-state index contributed by atoms with van der Waals surface area (Å²) >= 11 is 6.36. The highest BCUT2D eigenvalue weighted by Gasteiger charge is 2.23. The number of halogens is 2. The summed E-state index contributed by atoms with van der Waals surface area (Å²) in [5.74, 6) is -0.115. The summed E-state index contributed by atoms with van der Waals surface area (Å²) in [5, 5.41) is 22.5. The summed E-state index contributed by atoms with van der Waals surface area (Å²) in [6.45, 7) is 3.55. The molecule has 1 saturated heterocycles. The molecule has 11 heteroatoms. The topological polar surface area (TPSA) is 102 Å². The molecule has 0 aromatic carbocycles. The highest BCUT2D eigenvalue weighted by molar-refractivity contribution is 6.29. The molecule has 0 amide bonds. The van der Waals surface area contributed by atoms with E-state index in [9.17, 15) is 9.50 Å². The third-order valence-corrected chi connectivity index (χ3v) is 6.16. The van der Waals surface area contributed by atoms with Gasteiger partial charge in [-0.15, -0.1) is 5.10 Å². The molecule has 0 aliphatic carbocycles. The Morgan fingerprint density at radius 1 is 1.24 bits per heavy atom. The molecule has 1 fully saturated rings. The number of imidazole rings is 1. The van der Waals surface area contributed by atoms with Gasteiger partial charge in [-0.25, -0.2) is 14.1 Å². The number of ether oxygens (including phenoxy) is 1. The number of aromatic nitrogens is 6. The lowest BCUT2D eigenvalue weighted by molar-refractivity contribution is 0.107. The lowest BCUT2D eigenvalue weighted by Crippen LogP contribution is -2.30. The molecule has 33 heavy (non-hydrogen) atoms. The minimum Gasteiger partial charge on any atom is -0.466 e. The first-order chi connectivity index (χ1) is 16.0. The van der Waals surface area contributed by atoms with Crippen molar-refractivity contribution in [1.82, 2.24) is 34.7 Å². The van der Waals surface area contributed by atoms with Gasteiger partial charge in [0, 0.05) is 11.6 Å². The maximum atomic E-state index is 13.3. The number of piperidine rings is 1. The Bertz CT molecular complexity index is 1270. The van der Waals surface area contributed by atoms with Gasteiger partial charge in [0.1, 0.15) is 22.3 Å². The Hall–Kier alpha value is -3.08. The van der Waals surface area contributed by atoms with E-state index in [0.29, 0.717) is 28.4 Å². The molecular weight excluding hydrogens is 449 g/mol. The Morgan fingerprint density at radius 3 is 2.79 bits per heavy atom. The number of fused-ring (bicyclic) bond motifs is 1. The van der Waals surface area contributed by atoms with Gasteiger partial charge >= 0.3 is 0 Å². The van der Waals surface area contributed by atoms with E-state index in [1.165, 1.54) is 18.3 Å². The highest BCUT2D eigenvalue weighted by Crippen LogP contribution is 2.33. The quantitative estimate of drug-likeness (QED) is 0.445. The van der Waals surface area contributed by atoms with Crippen LogP contribution in [-0.4, -0.2) is 54.2 Å². The summed E-state index contributed by atoms with van der Waals surface area (Å²) < 4.78 is 23.0. The van der Waals surface area contributed by atoms with Gasteiger partial charge < -0.3 is 15.2 Å². The van der Waals surface area contributed by atoms with Gasteiger partial charge in [0.25, 0.3) is 0 Å². The van der Waals surface area contributed by atoms with Crippen LogP contribution in [0.25, 0.3) is 16.9 Å². The van der Waals surface area contributed by atoms with Gasteiger partial charge in [0.15, 0.2) is 6.10 Å². The van der Waals surface area contributed by atoms with Crippen LogP contribution in [0.3, 0.4) is 0 Å². The zero-order valence-electron chi connectivity index (χ0n) is 17.9. The predicted molar refractivity (Wildman–Crippen MR) is 120 cm³/mol. The minimum atomic E-state index is -0.825. The molecular formula is C22H23ClFN7O2. The van der Waals surface area contributed by atoms with Gasteiger partial charge in [0.2, 0.25) is 5.88 Å². The number of pyridine rings is 2. The Labute approximate surface area is 194 Å². The fourth-order valence-corrected chi connectivity index (χ4v) is 4.40. The molecule has 5 heterocycles. The fraction of sp³-hybridized carbons (Fsp3) is 0.364. The molecule has 0 saturated carbocycles. The summed E-state index contributed by atoms with van der Waals surface area (Å²) in [4.78, 5) is 8.41. The Kier molecular flexibility index (Phi) is 5.96. The number of nitrogens with one attached hydrogen (secondary N) is 1. The number of aliphatic hydroxyl groups excluding tert-OH is 1. The van der Waals surface area contributed by atoms with Crippen molar-refractivity contribution in [2.24, 2.45) is 0 Å². The van der Waals surface area contributed by atoms with Crippen LogP contribution < -0.4 is 10.1 Å². The molecule has 9 nitrogen and oxygen atoms in total. The monoisotopic (exact) mass is 471 g/mol. The van der Waals surface area contributed by atoms with E-state index in [1.807, 2.05) is 17.7 Å². The smallest absolute Gasteiger partial charge is 0.201 e. The molecule has 1 atom stereocenters. The molecule has 1 unspecified atom stereocenters. The van der Waals surface area contributed by atoms with Crippen molar-refractivity contribution in [1.29, 1.82) is 0 Å². The lowest BCUT2D eigenvalue weighted by atomic mass is 10.1. The number of hydrogen-bond acceptors (Lipinski definition) is 7. The van der Waals surface area contributed by atoms with Crippen LogP contribution in [-0.2, 0) is 0 Å². The maximum Gasteiger partial charge on any atom is 0.201 e. The van der Waals surface area contributed by atoms with E-state index in [2.05, 4.69) is 25.6 Å². The first-order valence-corrected chi connectivity index (χ1v) is 11.1. The van der Waals surface area contributed by atoms with Crippen LogP contribution in [0.4, 0.5) is 4.39 Å². The number of nitrogens with zero attached hydrogens (tertiary/aromatic N) is 6. The first-order valence-electron chi connectivity index (χ1n) is 10.7. The van der Waals surface area contributed by atoms with Gasteiger partial charge in [-0.1, -0.05) is 16.8 Å². The van der Waals surface area contributed by atoms with Crippen LogP contribution >= 0.6 is 11.6 Å². The van der Waals surface area contributed by atoms with Crippen LogP contribution in [0, 0.1) is 12.7 Å². The third kappa shape index (κ3) is 4.17. The number of aliphatic hydroxyl groups is 1. The predicted octanol–water partition coefficient (Wildman–Crippen LogP) is 3.13. The second kappa shape index (κ2) is 9.05. The van der Waals surface area contributed by atoms with Gasteiger partial charge in [-0.2, -0.15) is 0 Å². The van der Waals surface area contributed by atoms with Crippen molar-refractivity contribution in [3.05, 3.63) is 59.0 Å². The molecule has 2 N–H and O–H groups in total. The Morgan fingerprint density at radius 2 is 2.06 bits per heavy atom. The average molecular weight is 472 g/mol. The van der Waals surface area contributed by atoms with Crippen molar-refractivity contribution in [3.8, 4) is 17.1 Å². The van der Waals surface area contributed by atoms with E-state index in [4.69, 9.17) is 16.3 Å². The molecule has 5 rings (SSSR count). The molecule has 1 aliphatic rings. The van der Waals surface area contributed by atoms with E-state index in [-0.39, 0.29) is 6.61 Å². The second-order valence-corrected chi connectivity index (χ2v) is 8.38. The molecule has 172 valence electrons. The van der Waals surface area contributed by atoms with Crippen LogP contribution in [0.1, 0.15) is 36.4 Å². The summed E-state index contributed by atoms with van der Waals surface area (Å²) in [6, 6.07) is 6.70. The van der Waals surface area contributed by atoms with Crippen molar-refractivity contribution < 1.29 is 14.2 Å². The molecule has 4 aromatic heterocycles. The zero-order valence-corrected chi connectivity index (χ0v) is 18.7. The van der Waals surface area contributed by atoms with Crippen LogP contribution in [0.5, 0.6) is 5.88 Å². The number of rotatable bonds is 6. The third-order valence-electron chi connectivity index (χ3n) is 5.89. The lowest BCUT2D eigenvalue weighted by Gasteiger charge is -2.23. The van der Waals surface area contributed by atoms with Crippen LogP contribution in [0.15, 0.2) is 36.7 Å². The fourth-order valence-electron chi connectivity index (χ4n) is 4.19. The SMILES string of the molecule is Cc1c(-c2cc(OC(CO)c3ccc(F)cn3)n3c(Cl)cnc3c2)nnn1C1CCNCC1. The molecule has 1 aliphatic heterocycles. The zero-order chi connectivity index (χ0) is 22.9. The molecule has 0 bridgehead atoms.